The third-order valence-corrected chi connectivity index (χ3v) is 7.28. The van der Waals surface area contributed by atoms with Crippen LogP contribution in [0.5, 0.6) is 5.75 Å². The zero-order valence-electron chi connectivity index (χ0n) is 15.9. The molecular weight excluding hydrogens is 402 g/mol. The van der Waals surface area contributed by atoms with Crippen LogP contribution in [-0.2, 0) is 9.59 Å². The summed E-state index contributed by atoms with van der Waals surface area (Å²) in [5.74, 6) is 0.457. The van der Waals surface area contributed by atoms with E-state index in [0.29, 0.717) is 28.3 Å². The largest absolute Gasteiger partial charge is 0.423 e. The summed E-state index contributed by atoms with van der Waals surface area (Å²) in [6.07, 6.45) is 5.42. The molecule has 2 amide bonds. The number of rotatable bonds is 3. The first-order valence-electron chi connectivity index (χ1n) is 10.2. The predicted molar refractivity (Wildman–Crippen MR) is 110 cm³/mol. The average Bonchev–Trinajstić information content (AvgIpc) is 3.53. The number of anilines is 1. The Bertz CT molecular complexity index is 1090. The highest BCUT2D eigenvalue weighted by molar-refractivity contribution is 6.30. The van der Waals surface area contributed by atoms with Gasteiger partial charge in [-0.3, -0.25) is 9.59 Å². The van der Waals surface area contributed by atoms with Crippen LogP contribution >= 0.6 is 11.6 Å². The molecule has 0 spiro atoms. The standard InChI is InChI=1S/C24H18ClNO4/c25-13-4-6-15(7-5-13)30-24(29)12-2-1-3-14(10-12)26-22(27)20-16-8-9-17(19-11-18(16)19)21(20)23(26)28/h1-10,16-21H,11H2/t16-,17+,18-,19-,20+,21-/m1/s1. The number of amides is 2. The Morgan fingerprint density at radius 3 is 2.20 bits per heavy atom. The molecule has 0 aromatic heterocycles. The molecule has 5 aliphatic rings. The first-order valence-corrected chi connectivity index (χ1v) is 10.5. The van der Waals surface area contributed by atoms with E-state index in [-0.39, 0.29) is 41.0 Å². The van der Waals surface area contributed by atoms with Crippen molar-refractivity contribution >= 4 is 35.1 Å². The van der Waals surface area contributed by atoms with Crippen molar-refractivity contribution in [3.8, 4) is 5.75 Å². The van der Waals surface area contributed by atoms with Crippen LogP contribution in [0, 0.1) is 35.5 Å². The number of carbonyl (C=O) groups is 3. The van der Waals surface area contributed by atoms with Crippen molar-refractivity contribution in [1.82, 2.24) is 0 Å². The van der Waals surface area contributed by atoms with Crippen LogP contribution in [0.2, 0.25) is 5.02 Å². The van der Waals surface area contributed by atoms with Crippen LogP contribution < -0.4 is 9.64 Å². The van der Waals surface area contributed by atoms with Gasteiger partial charge in [-0.15, -0.1) is 0 Å². The molecule has 2 saturated carbocycles. The smallest absolute Gasteiger partial charge is 0.343 e. The van der Waals surface area contributed by atoms with Crippen molar-refractivity contribution in [2.75, 3.05) is 4.90 Å². The van der Waals surface area contributed by atoms with Crippen molar-refractivity contribution in [1.29, 1.82) is 0 Å². The summed E-state index contributed by atoms with van der Waals surface area (Å²) >= 11 is 5.86. The third kappa shape index (κ3) is 2.51. The van der Waals surface area contributed by atoms with Gasteiger partial charge >= 0.3 is 5.97 Å². The van der Waals surface area contributed by atoms with E-state index in [1.165, 1.54) is 4.90 Å². The average molecular weight is 420 g/mol. The molecule has 1 aliphatic heterocycles. The lowest BCUT2D eigenvalue weighted by molar-refractivity contribution is -0.124. The minimum Gasteiger partial charge on any atom is -0.423 e. The molecule has 3 fully saturated rings. The number of hydrogen-bond donors (Lipinski definition) is 0. The second-order valence-corrected chi connectivity index (χ2v) is 9.00. The first kappa shape index (κ1) is 17.9. The maximum atomic E-state index is 13.3. The minimum absolute atomic E-state index is 0.141. The van der Waals surface area contributed by atoms with Gasteiger partial charge < -0.3 is 4.74 Å². The van der Waals surface area contributed by atoms with Crippen LogP contribution in [0.4, 0.5) is 5.69 Å². The number of nitrogens with zero attached hydrogens (tertiary/aromatic N) is 1. The number of esters is 1. The molecule has 4 aliphatic carbocycles. The van der Waals surface area contributed by atoms with E-state index in [9.17, 15) is 14.4 Å². The molecule has 1 heterocycles. The number of carbonyl (C=O) groups excluding carboxylic acids is 3. The van der Waals surface area contributed by atoms with E-state index >= 15 is 0 Å². The summed E-state index contributed by atoms with van der Waals surface area (Å²) in [7, 11) is 0. The Hall–Kier alpha value is -2.92. The quantitative estimate of drug-likeness (QED) is 0.325. The molecule has 30 heavy (non-hydrogen) atoms. The van der Waals surface area contributed by atoms with Crippen LogP contribution in [0.15, 0.2) is 60.7 Å². The maximum absolute atomic E-state index is 13.3. The molecule has 5 nitrogen and oxygen atoms in total. The highest BCUT2D eigenvalue weighted by Gasteiger charge is 2.67. The van der Waals surface area contributed by atoms with Gasteiger partial charge in [0.2, 0.25) is 11.8 Å². The highest BCUT2D eigenvalue weighted by atomic mass is 35.5. The van der Waals surface area contributed by atoms with Gasteiger partial charge in [0.25, 0.3) is 0 Å². The van der Waals surface area contributed by atoms with Crippen LogP contribution in [0.1, 0.15) is 16.8 Å². The lowest BCUT2D eigenvalue weighted by atomic mass is 9.63. The molecule has 2 bridgehead atoms. The monoisotopic (exact) mass is 419 g/mol. The summed E-state index contributed by atoms with van der Waals surface area (Å²) < 4.78 is 5.39. The number of hydrogen-bond acceptors (Lipinski definition) is 4. The lowest BCUT2D eigenvalue weighted by Gasteiger charge is -2.37. The van der Waals surface area contributed by atoms with Crippen LogP contribution in [-0.4, -0.2) is 17.8 Å². The van der Waals surface area contributed by atoms with Crippen molar-refractivity contribution in [3.05, 3.63) is 71.3 Å². The molecular formula is C24H18ClNO4. The molecule has 0 unspecified atom stereocenters. The van der Waals surface area contributed by atoms with Gasteiger partial charge in [0.15, 0.2) is 0 Å². The van der Waals surface area contributed by atoms with Crippen molar-refractivity contribution < 1.29 is 19.1 Å². The summed E-state index contributed by atoms with van der Waals surface area (Å²) in [4.78, 5) is 40.4. The molecule has 6 heteroatoms. The number of halogens is 1. The van der Waals surface area contributed by atoms with E-state index in [1.54, 1.807) is 48.5 Å². The summed E-state index contributed by atoms with van der Waals surface area (Å²) in [5, 5.41) is 0.547. The molecule has 7 rings (SSSR count). The van der Waals surface area contributed by atoms with E-state index < -0.39 is 5.97 Å². The highest BCUT2D eigenvalue weighted by Crippen LogP contribution is 2.65. The van der Waals surface area contributed by atoms with Crippen LogP contribution in [0.25, 0.3) is 0 Å². The number of ether oxygens (including phenoxy) is 1. The second kappa shape index (κ2) is 6.29. The molecule has 150 valence electrons. The molecule has 2 aromatic rings. The molecule has 6 atom stereocenters. The molecule has 0 N–H and O–H groups in total. The minimum atomic E-state index is -0.557. The van der Waals surface area contributed by atoms with Gasteiger partial charge in [-0.25, -0.2) is 9.69 Å². The fourth-order valence-corrected chi connectivity index (χ4v) is 5.78. The predicted octanol–water partition coefficient (Wildman–Crippen LogP) is 4.12. The fraction of sp³-hybridized carbons (Fsp3) is 0.292. The maximum Gasteiger partial charge on any atom is 0.343 e. The van der Waals surface area contributed by atoms with Crippen molar-refractivity contribution in [3.63, 3.8) is 0 Å². The van der Waals surface area contributed by atoms with Crippen molar-refractivity contribution in [2.45, 2.75) is 6.42 Å². The van der Waals surface area contributed by atoms with E-state index in [0.717, 1.165) is 6.42 Å². The summed E-state index contributed by atoms with van der Waals surface area (Å²) in [5.41, 5.74) is 0.708. The second-order valence-electron chi connectivity index (χ2n) is 8.56. The number of benzene rings is 2. The SMILES string of the molecule is O=C(Oc1ccc(Cl)cc1)c1cccc(N2C(=O)[C@@H]3[C@H]4C=C[C@H]([C@H]5C[C@H]45)[C@@H]3C2=O)c1. The van der Waals surface area contributed by atoms with Gasteiger partial charge in [-0.05, 0) is 72.6 Å². The topological polar surface area (TPSA) is 63.7 Å². The number of allylic oxidation sites excluding steroid dienone is 2. The molecule has 1 saturated heterocycles. The third-order valence-electron chi connectivity index (χ3n) is 7.03. The molecule has 2 aromatic carbocycles. The summed E-state index contributed by atoms with van der Waals surface area (Å²) in [6, 6.07) is 13.0. The van der Waals surface area contributed by atoms with Gasteiger partial charge in [-0.1, -0.05) is 29.8 Å². The molecule has 0 radical (unpaired) electrons. The zero-order valence-corrected chi connectivity index (χ0v) is 16.7. The zero-order chi connectivity index (χ0) is 20.6. The number of imide groups is 1. The first-order chi connectivity index (χ1) is 14.5. The summed E-state index contributed by atoms with van der Waals surface area (Å²) in [6.45, 7) is 0. The van der Waals surface area contributed by atoms with E-state index in [4.69, 9.17) is 16.3 Å². The van der Waals surface area contributed by atoms with Gasteiger partial charge in [-0.2, -0.15) is 0 Å². The Morgan fingerprint density at radius 1 is 0.933 bits per heavy atom. The Balaban J connectivity index is 1.28. The van der Waals surface area contributed by atoms with Gasteiger partial charge in [0.1, 0.15) is 5.75 Å². The Labute approximate surface area is 178 Å². The van der Waals surface area contributed by atoms with Crippen molar-refractivity contribution in [2.24, 2.45) is 35.5 Å². The van der Waals surface area contributed by atoms with Gasteiger partial charge in [0, 0.05) is 5.02 Å². The van der Waals surface area contributed by atoms with E-state index in [1.807, 2.05) is 0 Å². The lowest BCUT2D eigenvalue weighted by Crippen LogP contribution is -2.40. The normalized spacial score (nSPS) is 32.8. The van der Waals surface area contributed by atoms with Gasteiger partial charge in [0.05, 0.1) is 23.1 Å². The van der Waals surface area contributed by atoms with E-state index in [2.05, 4.69) is 12.2 Å². The Kier molecular flexibility index (Phi) is 3.75. The van der Waals surface area contributed by atoms with Crippen LogP contribution in [0.3, 0.4) is 0 Å². The Morgan fingerprint density at radius 2 is 1.57 bits per heavy atom. The fourth-order valence-electron chi connectivity index (χ4n) is 5.65.